The number of fused-ring (bicyclic) bond motifs is 2. The SMILES string of the molecule is Cc1cnc(C(=O)OC2CC3CC(C2C)C3(C)C)cn1. The van der Waals surface area contributed by atoms with Gasteiger partial charge in [0.1, 0.15) is 6.10 Å². The average molecular weight is 274 g/mol. The van der Waals surface area contributed by atoms with E-state index in [0.717, 1.165) is 12.1 Å². The Labute approximate surface area is 120 Å². The molecule has 0 radical (unpaired) electrons. The molecule has 0 saturated heterocycles. The van der Waals surface area contributed by atoms with Crippen molar-refractivity contribution in [1.29, 1.82) is 0 Å². The third-order valence-electron chi connectivity index (χ3n) is 5.53. The monoisotopic (exact) mass is 274 g/mol. The van der Waals surface area contributed by atoms with Gasteiger partial charge in [0.2, 0.25) is 0 Å². The zero-order valence-corrected chi connectivity index (χ0v) is 12.6. The first-order chi connectivity index (χ1) is 9.39. The van der Waals surface area contributed by atoms with Gasteiger partial charge in [-0.3, -0.25) is 4.98 Å². The van der Waals surface area contributed by atoms with E-state index in [9.17, 15) is 4.79 Å². The van der Waals surface area contributed by atoms with Gasteiger partial charge in [0, 0.05) is 6.20 Å². The number of aryl methyl sites for hydroxylation is 1. The lowest BCUT2D eigenvalue weighted by Crippen LogP contribution is -2.57. The van der Waals surface area contributed by atoms with E-state index in [2.05, 4.69) is 30.7 Å². The van der Waals surface area contributed by atoms with E-state index in [1.165, 1.54) is 12.6 Å². The molecule has 4 unspecified atom stereocenters. The molecule has 3 aliphatic carbocycles. The Hall–Kier alpha value is -1.45. The molecule has 0 aliphatic heterocycles. The Balaban J connectivity index is 1.67. The molecule has 1 heterocycles. The van der Waals surface area contributed by atoms with Gasteiger partial charge in [-0.25, -0.2) is 9.78 Å². The lowest BCUT2D eigenvalue weighted by atomic mass is 9.45. The minimum Gasteiger partial charge on any atom is -0.457 e. The summed E-state index contributed by atoms with van der Waals surface area (Å²) in [6.07, 6.45) is 5.39. The maximum atomic E-state index is 12.1. The van der Waals surface area contributed by atoms with Crippen LogP contribution in [-0.2, 0) is 4.74 Å². The van der Waals surface area contributed by atoms with Crippen LogP contribution in [0.4, 0.5) is 0 Å². The molecule has 0 spiro atoms. The second-order valence-corrected chi connectivity index (χ2v) is 6.94. The molecule has 3 fully saturated rings. The van der Waals surface area contributed by atoms with Crippen LogP contribution in [0.3, 0.4) is 0 Å². The van der Waals surface area contributed by atoms with Gasteiger partial charge in [-0.1, -0.05) is 20.8 Å². The summed E-state index contributed by atoms with van der Waals surface area (Å²) in [5.74, 6) is 1.44. The molecule has 108 valence electrons. The molecule has 20 heavy (non-hydrogen) atoms. The number of hydrogen-bond donors (Lipinski definition) is 0. The van der Waals surface area contributed by atoms with Crippen molar-refractivity contribution >= 4 is 5.97 Å². The summed E-state index contributed by atoms with van der Waals surface area (Å²) in [6.45, 7) is 8.74. The maximum Gasteiger partial charge on any atom is 0.358 e. The minimum absolute atomic E-state index is 0.0300. The Bertz CT molecular complexity index is 524. The van der Waals surface area contributed by atoms with E-state index in [0.29, 0.717) is 28.9 Å². The highest BCUT2D eigenvalue weighted by Crippen LogP contribution is 2.61. The first kappa shape index (κ1) is 13.5. The smallest absolute Gasteiger partial charge is 0.358 e. The summed E-state index contributed by atoms with van der Waals surface area (Å²) in [7, 11) is 0. The summed E-state index contributed by atoms with van der Waals surface area (Å²) in [4.78, 5) is 20.3. The van der Waals surface area contributed by atoms with E-state index in [1.807, 2.05) is 6.92 Å². The topological polar surface area (TPSA) is 52.1 Å². The van der Waals surface area contributed by atoms with Crippen LogP contribution in [0.15, 0.2) is 12.4 Å². The molecule has 0 aromatic carbocycles. The highest BCUT2D eigenvalue weighted by Gasteiger charge is 2.57. The van der Waals surface area contributed by atoms with Crippen molar-refractivity contribution in [3.05, 3.63) is 23.8 Å². The fraction of sp³-hybridized carbons (Fsp3) is 0.688. The zero-order valence-electron chi connectivity index (χ0n) is 12.6. The van der Waals surface area contributed by atoms with Gasteiger partial charge >= 0.3 is 5.97 Å². The van der Waals surface area contributed by atoms with Crippen molar-refractivity contribution in [1.82, 2.24) is 9.97 Å². The van der Waals surface area contributed by atoms with Gasteiger partial charge in [0.25, 0.3) is 0 Å². The van der Waals surface area contributed by atoms with Crippen molar-refractivity contribution in [2.75, 3.05) is 0 Å². The Morgan fingerprint density at radius 2 is 2.05 bits per heavy atom. The van der Waals surface area contributed by atoms with E-state index < -0.39 is 0 Å². The average Bonchev–Trinajstić information content (AvgIpc) is 2.41. The summed E-state index contributed by atoms with van der Waals surface area (Å²) in [5.41, 5.74) is 1.52. The summed E-state index contributed by atoms with van der Waals surface area (Å²) in [5, 5.41) is 0. The van der Waals surface area contributed by atoms with Crippen molar-refractivity contribution in [3.8, 4) is 0 Å². The van der Waals surface area contributed by atoms with Gasteiger partial charge in [-0.15, -0.1) is 0 Å². The molecule has 4 rings (SSSR count). The first-order valence-corrected chi connectivity index (χ1v) is 7.39. The molecule has 3 saturated carbocycles. The standard InChI is InChI=1S/C16H22N2O2/c1-9-7-18-13(8-17-9)15(19)20-14-6-11-5-12(10(14)2)16(11,3)4/h7-8,10-12,14H,5-6H2,1-4H3. The van der Waals surface area contributed by atoms with Gasteiger partial charge < -0.3 is 4.74 Å². The van der Waals surface area contributed by atoms with Crippen LogP contribution in [0.1, 0.15) is 49.8 Å². The molecular formula is C16H22N2O2. The third kappa shape index (κ3) is 2.02. The van der Waals surface area contributed by atoms with Crippen LogP contribution >= 0.6 is 0 Å². The molecule has 4 atom stereocenters. The molecule has 4 heteroatoms. The highest BCUT2D eigenvalue weighted by atomic mass is 16.5. The van der Waals surface area contributed by atoms with E-state index in [-0.39, 0.29) is 12.1 Å². The number of hydrogen-bond acceptors (Lipinski definition) is 4. The van der Waals surface area contributed by atoms with Crippen molar-refractivity contribution < 1.29 is 9.53 Å². The number of nitrogens with zero attached hydrogens (tertiary/aromatic N) is 2. The fourth-order valence-electron chi connectivity index (χ4n) is 3.95. The molecular weight excluding hydrogens is 252 g/mol. The molecule has 1 aromatic heterocycles. The van der Waals surface area contributed by atoms with Crippen molar-refractivity contribution in [3.63, 3.8) is 0 Å². The molecule has 0 amide bonds. The Kier molecular flexibility index (Phi) is 3.07. The van der Waals surface area contributed by atoms with E-state index in [1.54, 1.807) is 6.20 Å². The van der Waals surface area contributed by atoms with Crippen molar-refractivity contribution in [2.24, 2.45) is 23.2 Å². The number of carbonyl (C=O) groups excluding carboxylic acids is 1. The molecule has 0 N–H and O–H groups in total. The largest absolute Gasteiger partial charge is 0.457 e. The predicted molar refractivity (Wildman–Crippen MR) is 75.1 cm³/mol. The third-order valence-corrected chi connectivity index (χ3v) is 5.53. The maximum absolute atomic E-state index is 12.1. The lowest BCUT2D eigenvalue weighted by molar-refractivity contribution is -0.156. The van der Waals surface area contributed by atoms with Crippen LogP contribution in [0.25, 0.3) is 0 Å². The molecule has 3 aliphatic rings. The van der Waals surface area contributed by atoms with E-state index in [4.69, 9.17) is 4.74 Å². The zero-order chi connectivity index (χ0) is 14.5. The van der Waals surface area contributed by atoms with Crippen LogP contribution in [0.5, 0.6) is 0 Å². The van der Waals surface area contributed by atoms with Crippen LogP contribution in [0, 0.1) is 30.1 Å². The number of rotatable bonds is 2. The Morgan fingerprint density at radius 3 is 2.60 bits per heavy atom. The minimum atomic E-state index is -0.339. The predicted octanol–water partition coefficient (Wildman–Crippen LogP) is 3.01. The van der Waals surface area contributed by atoms with Crippen LogP contribution in [-0.4, -0.2) is 22.0 Å². The first-order valence-electron chi connectivity index (χ1n) is 7.39. The second-order valence-electron chi connectivity index (χ2n) is 6.94. The number of ether oxygens (including phenoxy) is 1. The fourth-order valence-corrected chi connectivity index (χ4v) is 3.95. The number of aromatic nitrogens is 2. The van der Waals surface area contributed by atoms with Gasteiger partial charge in [-0.05, 0) is 42.9 Å². The van der Waals surface area contributed by atoms with Crippen molar-refractivity contribution in [2.45, 2.75) is 46.6 Å². The Morgan fingerprint density at radius 1 is 1.30 bits per heavy atom. The molecule has 1 aromatic rings. The number of esters is 1. The normalized spacial score (nSPS) is 34.2. The lowest BCUT2D eigenvalue weighted by Gasteiger charge is -2.61. The van der Waals surface area contributed by atoms with Gasteiger partial charge in [0.15, 0.2) is 5.69 Å². The van der Waals surface area contributed by atoms with Gasteiger partial charge in [-0.2, -0.15) is 0 Å². The van der Waals surface area contributed by atoms with Crippen LogP contribution in [0.2, 0.25) is 0 Å². The molecule has 2 bridgehead atoms. The summed E-state index contributed by atoms with van der Waals surface area (Å²) < 4.78 is 5.68. The number of carbonyl (C=O) groups is 1. The second kappa shape index (κ2) is 4.54. The quantitative estimate of drug-likeness (QED) is 0.778. The van der Waals surface area contributed by atoms with E-state index >= 15 is 0 Å². The molecule has 4 nitrogen and oxygen atoms in total. The van der Waals surface area contributed by atoms with Crippen LogP contribution < -0.4 is 0 Å². The summed E-state index contributed by atoms with van der Waals surface area (Å²) >= 11 is 0. The highest BCUT2D eigenvalue weighted by molar-refractivity contribution is 5.86. The summed E-state index contributed by atoms with van der Waals surface area (Å²) in [6, 6.07) is 0. The van der Waals surface area contributed by atoms with Gasteiger partial charge in [0.05, 0.1) is 11.9 Å².